The minimum atomic E-state index is -0.677. The second kappa shape index (κ2) is 11.5. The van der Waals surface area contributed by atoms with E-state index in [1.165, 1.54) is 56.7 Å². The van der Waals surface area contributed by atoms with Crippen molar-refractivity contribution in [2.24, 2.45) is 0 Å². The molecule has 32 heavy (non-hydrogen) atoms. The van der Waals surface area contributed by atoms with Gasteiger partial charge in [-0.25, -0.2) is 9.59 Å². The van der Waals surface area contributed by atoms with Crippen LogP contribution in [0.2, 0.25) is 0 Å². The molecule has 0 unspecified atom stereocenters. The van der Waals surface area contributed by atoms with Crippen LogP contribution in [0.5, 0.6) is 23.0 Å². The van der Waals surface area contributed by atoms with Crippen LogP contribution in [0.15, 0.2) is 36.4 Å². The molecule has 2 rings (SSSR count). The Labute approximate surface area is 186 Å². The number of hydrogen-bond donors (Lipinski definition) is 2. The van der Waals surface area contributed by atoms with Crippen molar-refractivity contribution in [3.8, 4) is 23.0 Å². The van der Waals surface area contributed by atoms with Gasteiger partial charge in [-0.3, -0.25) is 0 Å². The summed E-state index contributed by atoms with van der Waals surface area (Å²) < 4.78 is 20.4. The number of esters is 2. The lowest BCUT2D eigenvalue weighted by atomic mass is 9.98. The number of phenols is 2. The molecule has 0 aliphatic heterocycles. The van der Waals surface area contributed by atoms with E-state index in [2.05, 4.69) is 0 Å². The lowest BCUT2D eigenvalue weighted by Gasteiger charge is -2.14. The number of ether oxygens (including phenoxy) is 4. The Kier molecular flexibility index (Phi) is 8.71. The number of rotatable bonds is 9. The van der Waals surface area contributed by atoms with Gasteiger partial charge in [-0.1, -0.05) is 6.07 Å². The molecule has 0 aliphatic carbocycles. The van der Waals surface area contributed by atoms with Gasteiger partial charge in [0.25, 0.3) is 0 Å². The summed E-state index contributed by atoms with van der Waals surface area (Å²) in [5.41, 5.74) is 1.19. The van der Waals surface area contributed by atoms with Gasteiger partial charge in [-0.15, -0.1) is 0 Å². The first-order chi connectivity index (χ1) is 15.3. The fraction of sp³-hybridized carbons (Fsp3) is 0.250. The fourth-order valence-electron chi connectivity index (χ4n) is 2.85. The maximum atomic E-state index is 12.8. The molecule has 0 saturated carbocycles. The highest BCUT2D eigenvalue weighted by Gasteiger charge is 2.21. The summed E-state index contributed by atoms with van der Waals surface area (Å²) in [6.07, 6.45) is 4.21. The zero-order chi connectivity index (χ0) is 23.7. The van der Waals surface area contributed by atoms with Crippen LogP contribution in [0.3, 0.4) is 0 Å². The van der Waals surface area contributed by atoms with E-state index in [1.54, 1.807) is 19.9 Å². The molecule has 2 aromatic carbocycles. The summed E-state index contributed by atoms with van der Waals surface area (Å²) in [5, 5.41) is 20.6. The zero-order valence-electron chi connectivity index (χ0n) is 18.4. The number of benzene rings is 2. The van der Waals surface area contributed by atoms with Crippen molar-refractivity contribution in [1.29, 1.82) is 0 Å². The Morgan fingerprint density at radius 3 is 2.19 bits per heavy atom. The summed E-state index contributed by atoms with van der Waals surface area (Å²) in [5.74, 6) is -1.22. The molecule has 2 N–H and O–H groups in total. The van der Waals surface area contributed by atoms with Gasteiger partial charge < -0.3 is 29.2 Å². The summed E-state index contributed by atoms with van der Waals surface area (Å²) in [4.78, 5) is 24.4. The van der Waals surface area contributed by atoms with E-state index in [4.69, 9.17) is 18.9 Å². The third-order valence-corrected chi connectivity index (χ3v) is 4.32. The van der Waals surface area contributed by atoms with Crippen LogP contribution in [0.25, 0.3) is 17.7 Å². The Morgan fingerprint density at radius 1 is 0.906 bits per heavy atom. The smallest absolute Gasteiger partial charge is 0.338 e. The minimum absolute atomic E-state index is 0.0433. The summed E-state index contributed by atoms with van der Waals surface area (Å²) >= 11 is 0. The van der Waals surface area contributed by atoms with Crippen LogP contribution in [0.4, 0.5) is 0 Å². The Morgan fingerprint density at radius 2 is 1.56 bits per heavy atom. The second-order valence-electron chi connectivity index (χ2n) is 6.41. The molecule has 0 aromatic heterocycles. The van der Waals surface area contributed by atoms with E-state index < -0.39 is 11.9 Å². The largest absolute Gasteiger partial charge is 0.504 e. The molecule has 0 aliphatic rings. The number of hydrogen-bond acceptors (Lipinski definition) is 8. The average Bonchev–Trinajstić information content (AvgIpc) is 2.78. The van der Waals surface area contributed by atoms with Crippen molar-refractivity contribution in [1.82, 2.24) is 0 Å². The quantitative estimate of drug-likeness (QED) is 0.343. The highest BCUT2D eigenvalue weighted by molar-refractivity contribution is 6.22. The van der Waals surface area contributed by atoms with E-state index in [0.717, 1.165) is 0 Å². The number of phenolic OH excluding ortho intramolecular Hbond substituents is 2. The number of aromatic hydroxyl groups is 2. The number of carbonyl (C=O) groups is 2. The van der Waals surface area contributed by atoms with Crippen LogP contribution in [0.1, 0.15) is 30.5 Å². The van der Waals surface area contributed by atoms with Gasteiger partial charge in [0.1, 0.15) is 0 Å². The predicted molar refractivity (Wildman–Crippen MR) is 119 cm³/mol. The van der Waals surface area contributed by atoms with Crippen molar-refractivity contribution < 1.29 is 38.7 Å². The lowest BCUT2D eigenvalue weighted by molar-refractivity contribution is -0.137. The molecule has 170 valence electrons. The minimum Gasteiger partial charge on any atom is -0.504 e. The van der Waals surface area contributed by atoms with Crippen molar-refractivity contribution >= 4 is 29.7 Å². The first-order valence-corrected chi connectivity index (χ1v) is 9.86. The maximum Gasteiger partial charge on any atom is 0.338 e. The van der Waals surface area contributed by atoms with Gasteiger partial charge in [0.05, 0.1) is 33.0 Å². The predicted octanol–water partition coefficient (Wildman–Crippen LogP) is 3.80. The molecular formula is C24H26O8. The molecule has 0 fully saturated rings. The molecule has 0 radical (unpaired) electrons. The molecule has 0 heterocycles. The standard InChI is InChI=1S/C24H26O8/c1-5-31-22(26)10-8-16-11-17(23(27)21(14-16)30-4)18(24(28)32-6-2)12-15-7-9-19(25)20(13-15)29-3/h7-14,25,27H,5-6H2,1-4H3/b10-8+,18-12-. The van der Waals surface area contributed by atoms with Gasteiger partial charge in [-0.2, -0.15) is 0 Å². The van der Waals surface area contributed by atoms with Crippen LogP contribution in [-0.2, 0) is 19.1 Å². The zero-order valence-corrected chi connectivity index (χ0v) is 18.4. The first kappa shape index (κ1) is 24.3. The Bertz CT molecular complexity index is 1040. The highest BCUT2D eigenvalue weighted by atomic mass is 16.5. The van der Waals surface area contributed by atoms with Gasteiger partial charge in [0.15, 0.2) is 23.0 Å². The van der Waals surface area contributed by atoms with Gasteiger partial charge in [0, 0.05) is 11.6 Å². The van der Waals surface area contributed by atoms with Crippen LogP contribution >= 0.6 is 0 Å². The normalized spacial score (nSPS) is 11.3. The monoisotopic (exact) mass is 442 g/mol. The Balaban J connectivity index is 2.65. The van der Waals surface area contributed by atoms with E-state index in [-0.39, 0.29) is 47.3 Å². The molecule has 8 heteroatoms. The van der Waals surface area contributed by atoms with Gasteiger partial charge in [0.2, 0.25) is 0 Å². The van der Waals surface area contributed by atoms with Crippen molar-refractivity contribution in [2.45, 2.75) is 13.8 Å². The van der Waals surface area contributed by atoms with Crippen LogP contribution in [-0.4, -0.2) is 49.6 Å². The topological polar surface area (TPSA) is 112 Å². The summed E-state index contributed by atoms with van der Waals surface area (Å²) in [6, 6.07) is 7.57. The van der Waals surface area contributed by atoms with E-state index >= 15 is 0 Å². The average molecular weight is 442 g/mol. The third-order valence-electron chi connectivity index (χ3n) is 4.32. The van der Waals surface area contributed by atoms with E-state index in [9.17, 15) is 19.8 Å². The third kappa shape index (κ3) is 6.04. The molecule has 8 nitrogen and oxygen atoms in total. The molecule has 0 amide bonds. The maximum absolute atomic E-state index is 12.8. The summed E-state index contributed by atoms with van der Waals surface area (Å²) in [7, 11) is 2.78. The molecule has 0 saturated heterocycles. The second-order valence-corrected chi connectivity index (χ2v) is 6.41. The highest BCUT2D eigenvalue weighted by Crippen LogP contribution is 2.38. The Hall–Kier alpha value is -3.94. The van der Waals surface area contributed by atoms with Gasteiger partial charge in [-0.05, 0) is 61.4 Å². The fourth-order valence-corrected chi connectivity index (χ4v) is 2.85. The van der Waals surface area contributed by atoms with Crippen molar-refractivity contribution in [2.75, 3.05) is 27.4 Å². The first-order valence-electron chi connectivity index (χ1n) is 9.86. The number of methoxy groups -OCH3 is 2. The summed E-state index contributed by atoms with van der Waals surface area (Å²) in [6.45, 7) is 3.72. The van der Waals surface area contributed by atoms with Crippen molar-refractivity contribution in [3.63, 3.8) is 0 Å². The van der Waals surface area contributed by atoms with Crippen molar-refractivity contribution in [3.05, 3.63) is 53.1 Å². The lowest BCUT2D eigenvalue weighted by Crippen LogP contribution is -2.08. The molecule has 0 spiro atoms. The number of carbonyl (C=O) groups excluding carboxylic acids is 2. The molecular weight excluding hydrogens is 416 g/mol. The van der Waals surface area contributed by atoms with Gasteiger partial charge >= 0.3 is 11.9 Å². The molecule has 0 bridgehead atoms. The van der Waals surface area contributed by atoms with E-state index in [0.29, 0.717) is 11.1 Å². The van der Waals surface area contributed by atoms with E-state index in [1.807, 2.05) is 0 Å². The van der Waals surface area contributed by atoms with Crippen LogP contribution in [0, 0.1) is 0 Å². The SMILES string of the molecule is CCOC(=O)/C=C/c1cc(OC)c(O)c(/C(=C/c2ccc(O)c(OC)c2)C(=O)OCC)c1. The molecule has 2 aromatic rings. The molecule has 0 atom stereocenters. The van der Waals surface area contributed by atoms with Crippen LogP contribution < -0.4 is 9.47 Å².